The van der Waals surface area contributed by atoms with E-state index in [4.69, 9.17) is 14.0 Å². The molecule has 0 saturated carbocycles. The van der Waals surface area contributed by atoms with Gasteiger partial charge in [0, 0.05) is 56.1 Å². The van der Waals surface area contributed by atoms with Crippen LogP contribution in [0.4, 0.5) is 5.69 Å². The van der Waals surface area contributed by atoms with Gasteiger partial charge in [-0.15, -0.1) is 24.0 Å². The van der Waals surface area contributed by atoms with Gasteiger partial charge in [-0.25, -0.2) is 0 Å². The van der Waals surface area contributed by atoms with Crippen LogP contribution < -0.4 is 25.0 Å². The molecule has 1 aliphatic heterocycles. The number of nitrogens with zero attached hydrogens (tertiary/aromatic N) is 3. The van der Waals surface area contributed by atoms with Crippen LogP contribution in [0.2, 0.25) is 0 Å². The Morgan fingerprint density at radius 2 is 1.93 bits per heavy atom. The quantitative estimate of drug-likeness (QED) is 0.323. The summed E-state index contributed by atoms with van der Waals surface area (Å²) in [4.78, 5) is 6.66. The van der Waals surface area contributed by atoms with Crippen LogP contribution in [0.5, 0.6) is 11.5 Å². The number of rotatable bonds is 7. The highest BCUT2D eigenvalue weighted by Crippen LogP contribution is 2.30. The van der Waals surface area contributed by atoms with Crippen molar-refractivity contribution >= 4 is 35.6 Å². The number of guanidine groups is 1. The molecule has 0 bridgehead atoms. The molecule has 1 aromatic heterocycles. The molecule has 1 fully saturated rings. The zero-order chi connectivity index (χ0) is 20.8. The molecular weight excluding hydrogens is 497 g/mol. The summed E-state index contributed by atoms with van der Waals surface area (Å²) in [5.41, 5.74) is 2.06. The van der Waals surface area contributed by atoms with Gasteiger partial charge in [-0.3, -0.25) is 4.99 Å². The largest absolute Gasteiger partial charge is 0.497 e. The van der Waals surface area contributed by atoms with E-state index in [1.165, 1.54) is 0 Å². The first kappa shape index (κ1) is 24.1. The van der Waals surface area contributed by atoms with E-state index in [1.807, 2.05) is 24.3 Å². The molecule has 2 aromatic rings. The molecule has 0 radical (unpaired) electrons. The van der Waals surface area contributed by atoms with Crippen molar-refractivity contribution in [3.63, 3.8) is 0 Å². The second-order valence-corrected chi connectivity index (χ2v) is 7.45. The maximum Gasteiger partial charge on any atom is 0.191 e. The molecule has 2 heterocycles. The first-order chi connectivity index (χ1) is 14.0. The maximum atomic E-state index is 5.39. The van der Waals surface area contributed by atoms with Gasteiger partial charge >= 0.3 is 0 Å². The van der Waals surface area contributed by atoms with Gasteiger partial charge < -0.3 is 29.5 Å². The average molecular weight is 529 g/mol. The van der Waals surface area contributed by atoms with Gasteiger partial charge in [0.25, 0.3) is 0 Å². The fourth-order valence-corrected chi connectivity index (χ4v) is 3.33. The summed E-state index contributed by atoms with van der Waals surface area (Å²) in [5, 5.41) is 10.9. The summed E-state index contributed by atoms with van der Waals surface area (Å²) >= 11 is 0. The SMILES string of the molecule is CN=C(NCc1cc(C(C)C)no1)NC1CCN(c2cc(OC)cc(OC)c2)C1.I. The summed E-state index contributed by atoms with van der Waals surface area (Å²) in [6.45, 7) is 6.56. The first-order valence-electron chi connectivity index (χ1n) is 9.93. The molecule has 1 aromatic carbocycles. The minimum absolute atomic E-state index is 0. The zero-order valence-corrected chi connectivity index (χ0v) is 20.6. The minimum atomic E-state index is 0. The van der Waals surface area contributed by atoms with Gasteiger partial charge in [-0.05, 0) is 12.3 Å². The number of nitrogens with one attached hydrogen (secondary N) is 2. The molecule has 0 aliphatic carbocycles. The molecule has 1 unspecified atom stereocenters. The van der Waals surface area contributed by atoms with Crippen molar-refractivity contribution in [3.05, 3.63) is 35.7 Å². The Bertz CT molecular complexity index is 818. The Kier molecular flexibility index (Phi) is 9.07. The molecule has 9 heteroatoms. The molecule has 166 valence electrons. The highest BCUT2D eigenvalue weighted by molar-refractivity contribution is 14.0. The van der Waals surface area contributed by atoms with Crippen LogP contribution in [-0.2, 0) is 6.54 Å². The number of benzene rings is 1. The number of hydrogen-bond acceptors (Lipinski definition) is 6. The standard InChI is InChI=1S/C21H31N5O3.HI/c1-14(2)20-11-19(29-25-20)12-23-21(22-3)24-15-6-7-26(13-15)16-8-17(27-4)10-18(9-16)28-5;/h8-11,14-15H,6-7,12-13H2,1-5H3,(H2,22,23,24);1H. The molecule has 1 atom stereocenters. The Balaban J connectivity index is 0.00000320. The van der Waals surface area contributed by atoms with E-state index in [0.29, 0.717) is 18.5 Å². The van der Waals surface area contributed by atoms with E-state index < -0.39 is 0 Å². The first-order valence-corrected chi connectivity index (χ1v) is 9.93. The van der Waals surface area contributed by atoms with Crippen LogP contribution >= 0.6 is 24.0 Å². The van der Waals surface area contributed by atoms with E-state index >= 15 is 0 Å². The van der Waals surface area contributed by atoms with Crippen LogP contribution in [0.1, 0.15) is 37.6 Å². The van der Waals surface area contributed by atoms with Crippen LogP contribution in [0, 0.1) is 0 Å². The third-order valence-corrected chi connectivity index (χ3v) is 5.05. The van der Waals surface area contributed by atoms with E-state index in [9.17, 15) is 0 Å². The number of aromatic nitrogens is 1. The van der Waals surface area contributed by atoms with Crippen molar-refractivity contribution in [2.45, 2.75) is 38.8 Å². The lowest BCUT2D eigenvalue weighted by Crippen LogP contribution is -2.44. The lowest BCUT2D eigenvalue weighted by molar-refractivity contribution is 0.371. The fraction of sp³-hybridized carbons (Fsp3) is 0.524. The molecule has 3 rings (SSSR count). The summed E-state index contributed by atoms with van der Waals surface area (Å²) in [7, 11) is 5.11. The second-order valence-electron chi connectivity index (χ2n) is 7.45. The summed E-state index contributed by atoms with van der Waals surface area (Å²) in [5.74, 6) is 3.49. The summed E-state index contributed by atoms with van der Waals surface area (Å²) < 4.78 is 16.2. The lowest BCUT2D eigenvalue weighted by Gasteiger charge is -2.21. The Hall–Kier alpha value is -2.17. The van der Waals surface area contributed by atoms with Crippen molar-refractivity contribution in [1.82, 2.24) is 15.8 Å². The lowest BCUT2D eigenvalue weighted by atomic mass is 10.1. The van der Waals surface area contributed by atoms with E-state index in [1.54, 1.807) is 21.3 Å². The third kappa shape index (κ3) is 6.16. The normalized spacial score (nSPS) is 16.4. The molecule has 30 heavy (non-hydrogen) atoms. The van der Waals surface area contributed by atoms with Gasteiger partial charge in [-0.1, -0.05) is 19.0 Å². The predicted molar refractivity (Wildman–Crippen MR) is 130 cm³/mol. The number of hydrogen-bond donors (Lipinski definition) is 2. The van der Waals surface area contributed by atoms with Crippen molar-refractivity contribution in [2.75, 3.05) is 39.3 Å². The smallest absolute Gasteiger partial charge is 0.191 e. The molecule has 2 N–H and O–H groups in total. The fourth-order valence-electron chi connectivity index (χ4n) is 3.33. The van der Waals surface area contributed by atoms with Crippen molar-refractivity contribution in [3.8, 4) is 11.5 Å². The minimum Gasteiger partial charge on any atom is -0.497 e. The number of methoxy groups -OCH3 is 2. The molecule has 1 aliphatic rings. The van der Waals surface area contributed by atoms with Crippen molar-refractivity contribution in [2.24, 2.45) is 4.99 Å². The highest BCUT2D eigenvalue weighted by Gasteiger charge is 2.24. The second kappa shape index (κ2) is 11.3. The van der Waals surface area contributed by atoms with Crippen LogP contribution in [0.15, 0.2) is 33.8 Å². The number of ether oxygens (including phenoxy) is 2. The maximum absolute atomic E-state index is 5.39. The molecular formula is C21H32IN5O3. The number of halogens is 1. The van der Waals surface area contributed by atoms with Gasteiger partial charge in [-0.2, -0.15) is 0 Å². The molecule has 0 amide bonds. The van der Waals surface area contributed by atoms with Gasteiger partial charge in [0.2, 0.25) is 0 Å². The summed E-state index contributed by atoms with van der Waals surface area (Å²) in [6, 6.07) is 8.23. The third-order valence-electron chi connectivity index (χ3n) is 5.05. The topological polar surface area (TPSA) is 84.2 Å². The monoisotopic (exact) mass is 529 g/mol. The van der Waals surface area contributed by atoms with Crippen LogP contribution in [0.25, 0.3) is 0 Å². The molecule has 0 spiro atoms. The van der Waals surface area contributed by atoms with Gasteiger partial charge in [0.15, 0.2) is 11.7 Å². The van der Waals surface area contributed by atoms with E-state index in [0.717, 1.165) is 54.1 Å². The highest BCUT2D eigenvalue weighted by atomic mass is 127. The Morgan fingerprint density at radius 1 is 1.23 bits per heavy atom. The van der Waals surface area contributed by atoms with Crippen molar-refractivity contribution in [1.29, 1.82) is 0 Å². The van der Waals surface area contributed by atoms with Crippen LogP contribution in [-0.4, -0.2) is 51.5 Å². The van der Waals surface area contributed by atoms with E-state index in [2.05, 4.69) is 39.5 Å². The van der Waals surface area contributed by atoms with Crippen molar-refractivity contribution < 1.29 is 14.0 Å². The van der Waals surface area contributed by atoms with E-state index in [-0.39, 0.29) is 24.0 Å². The molecule has 1 saturated heterocycles. The zero-order valence-electron chi connectivity index (χ0n) is 18.3. The average Bonchev–Trinajstić information content (AvgIpc) is 3.40. The molecule has 8 nitrogen and oxygen atoms in total. The number of aliphatic imine (C=N–C) groups is 1. The predicted octanol–water partition coefficient (Wildman–Crippen LogP) is 3.38. The Labute approximate surface area is 195 Å². The van der Waals surface area contributed by atoms with Crippen LogP contribution in [0.3, 0.4) is 0 Å². The number of anilines is 1. The van der Waals surface area contributed by atoms with Gasteiger partial charge in [0.1, 0.15) is 11.5 Å². The Morgan fingerprint density at radius 3 is 2.50 bits per heavy atom. The van der Waals surface area contributed by atoms with Gasteiger partial charge in [0.05, 0.1) is 26.5 Å². The summed E-state index contributed by atoms with van der Waals surface area (Å²) in [6.07, 6.45) is 1.01.